The summed E-state index contributed by atoms with van der Waals surface area (Å²) in [6.45, 7) is 6.14. The largest absolute Gasteiger partial charge is 0.490 e. The number of ketones is 1. The summed E-state index contributed by atoms with van der Waals surface area (Å²) in [5.74, 6) is -0.709. The van der Waals surface area contributed by atoms with Gasteiger partial charge in [-0.1, -0.05) is 25.5 Å². The summed E-state index contributed by atoms with van der Waals surface area (Å²) in [6, 6.07) is 13.0. The van der Waals surface area contributed by atoms with Crippen LogP contribution in [0.15, 0.2) is 57.1 Å². The summed E-state index contributed by atoms with van der Waals surface area (Å²) in [6.07, 6.45) is 3.18. The standard InChI is InChI=1S/C33H36BrN3O6/c1-5-8-20-12-26-31(27(38)13-20)30(24(16-35)19(3)37-26)23-14-25(34)32(28(15-23)42-6-2)43-18-21-9-7-10-22(11-21)33(40)36-17-29(39)41-4/h7,9-11,14-15,20,24,30H,5-6,8,12-13,17-18H2,1-4H3,(H,36,40). The topological polar surface area (TPSA) is 127 Å². The Morgan fingerprint density at radius 3 is 2.65 bits per heavy atom. The number of allylic oxidation sites excluding steroid dienone is 2. The predicted octanol–water partition coefficient (Wildman–Crippen LogP) is 6.06. The van der Waals surface area contributed by atoms with Crippen molar-refractivity contribution < 1.29 is 28.6 Å². The summed E-state index contributed by atoms with van der Waals surface area (Å²) in [5.41, 5.74) is 4.04. The highest BCUT2D eigenvalue weighted by Gasteiger charge is 2.41. The molecule has 2 aromatic carbocycles. The Morgan fingerprint density at radius 1 is 1.16 bits per heavy atom. The highest BCUT2D eigenvalue weighted by Crippen LogP contribution is 2.48. The zero-order valence-electron chi connectivity index (χ0n) is 24.9. The molecule has 1 heterocycles. The summed E-state index contributed by atoms with van der Waals surface area (Å²) < 4.78 is 17.4. The van der Waals surface area contributed by atoms with Crippen LogP contribution < -0.4 is 14.8 Å². The molecule has 226 valence electrons. The predicted molar refractivity (Wildman–Crippen MR) is 165 cm³/mol. The molecule has 0 fully saturated rings. The fraction of sp³-hybridized carbons (Fsp3) is 0.424. The maximum Gasteiger partial charge on any atom is 0.325 e. The lowest BCUT2D eigenvalue weighted by atomic mass is 9.70. The number of benzene rings is 2. The van der Waals surface area contributed by atoms with Gasteiger partial charge in [-0.3, -0.25) is 19.4 Å². The van der Waals surface area contributed by atoms with Gasteiger partial charge in [-0.2, -0.15) is 5.26 Å². The first-order valence-corrected chi connectivity index (χ1v) is 15.2. The van der Waals surface area contributed by atoms with E-state index in [4.69, 9.17) is 14.5 Å². The van der Waals surface area contributed by atoms with E-state index in [0.717, 1.165) is 36.1 Å². The number of nitriles is 1. The molecular formula is C33H36BrN3O6. The minimum atomic E-state index is -0.577. The summed E-state index contributed by atoms with van der Waals surface area (Å²) >= 11 is 3.65. The quantitative estimate of drug-likeness (QED) is 0.293. The molecule has 9 nitrogen and oxygen atoms in total. The summed E-state index contributed by atoms with van der Waals surface area (Å²) in [4.78, 5) is 42.1. The van der Waals surface area contributed by atoms with E-state index in [1.807, 2.05) is 32.0 Å². The molecule has 0 bridgehead atoms. The van der Waals surface area contributed by atoms with Crippen molar-refractivity contribution in [3.63, 3.8) is 0 Å². The SMILES string of the molecule is CCCC1CC(=O)C2=C(C1)N=C(C)C(C#N)C2c1cc(Br)c(OCc2cccc(C(=O)NCC(=O)OC)c2)c(OCC)c1. The van der Waals surface area contributed by atoms with Crippen LogP contribution >= 0.6 is 15.9 Å². The zero-order valence-corrected chi connectivity index (χ0v) is 26.5. The first-order chi connectivity index (χ1) is 20.7. The zero-order chi connectivity index (χ0) is 31.1. The van der Waals surface area contributed by atoms with Crippen molar-refractivity contribution in [2.45, 2.75) is 59.0 Å². The number of amides is 1. The number of Topliss-reactive ketones (excluding diaryl/α,β-unsaturated/α-hetero) is 1. The first kappa shape index (κ1) is 32.0. The van der Waals surface area contributed by atoms with Gasteiger partial charge in [-0.25, -0.2) is 0 Å². The Hall–Kier alpha value is -3.97. The molecule has 0 spiro atoms. The molecule has 10 heteroatoms. The highest BCUT2D eigenvalue weighted by atomic mass is 79.9. The van der Waals surface area contributed by atoms with Gasteiger partial charge in [0.1, 0.15) is 13.2 Å². The number of ether oxygens (including phenoxy) is 3. The molecule has 0 saturated heterocycles. The molecule has 0 radical (unpaired) electrons. The molecule has 1 aliphatic carbocycles. The normalized spacial score (nSPS) is 19.6. The van der Waals surface area contributed by atoms with E-state index in [1.54, 1.807) is 18.2 Å². The van der Waals surface area contributed by atoms with Crippen LogP contribution in [0.2, 0.25) is 0 Å². The van der Waals surface area contributed by atoms with Crippen LogP contribution in [0.4, 0.5) is 0 Å². The Bertz CT molecular complexity index is 1510. The number of rotatable bonds is 11. The summed E-state index contributed by atoms with van der Waals surface area (Å²) in [7, 11) is 1.26. The van der Waals surface area contributed by atoms with Crippen LogP contribution in [0.25, 0.3) is 0 Å². The van der Waals surface area contributed by atoms with Crippen LogP contribution in [-0.2, 0) is 20.9 Å². The molecule has 3 unspecified atom stereocenters. The molecule has 3 atom stereocenters. The van der Waals surface area contributed by atoms with E-state index in [1.165, 1.54) is 7.11 Å². The fourth-order valence-corrected chi connectivity index (χ4v) is 6.31. The lowest BCUT2D eigenvalue weighted by Crippen LogP contribution is -2.32. The third kappa shape index (κ3) is 7.34. The van der Waals surface area contributed by atoms with Crippen molar-refractivity contribution in [2.24, 2.45) is 16.8 Å². The number of aliphatic imine (C=N–C) groups is 1. The third-order valence-electron chi connectivity index (χ3n) is 7.69. The molecule has 0 aromatic heterocycles. The van der Waals surface area contributed by atoms with Crippen molar-refractivity contribution in [1.82, 2.24) is 5.32 Å². The van der Waals surface area contributed by atoms with Gasteiger partial charge < -0.3 is 19.5 Å². The number of carbonyl (C=O) groups excluding carboxylic acids is 3. The molecule has 0 saturated carbocycles. The van der Waals surface area contributed by atoms with Gasteiger partial charge in [0, 0.05) is 34.9 Å². The Balaban J connectivity index is 1.62. The second kappa shape index (κ2) is 14.5. The Labute approximate surface area is 260 Å². The van der Waals surface area contributed by atoms with Crippen LogP contribution in [0.5, 0.6) is 11.5 Å². The molecule has 43 heavy (non-hydrogen) atoms. The van der Waals surface area contributed by atoms with E-state index in [-0.39, 0.29) is 24.9 Å². The number of hydrogen-bond acceptors (Lipinski definition) is 8. The number of hydrogen-bond donors (Lipinski definition) is 1. The number of nitrogens with one attached hydrogen (secondary N) is 1. The Morgan fingerprint density at radius 2 is 1.95 bits per heavy atom. The maximum atomic E-state index is 13.5. The van der Waals surface area contributed by atoms with Gasteiger partial charge in [0.15, 0.2) is 17.3 Å². The molecule has 1 aliphatic heterocycles. The molecular weight excluding hydrogens is 614 g/mol. The van der Waals surface area contributed by atoms with E-state index in [2.05, 4.69) is 39.0 Å². The molecule has 1 amide bonds. The molecule has 2 aromatic rings. The van der Waals surface area contributed by atoms with Gasteiger partial charge in [-0.05, 0) is 83.9 Å². The van der Waals surface area contributed by atoms with Crippen molar-refractivity contribution >= 4 is 39.3 Å². The van der Waals surface area contributed by atoms with Crippen molar-refractivity contribution in [2.75, 3.05) is 20.3 Å². The average molecular weight is 651 g/mol. The van der Waals surface area contributed by atoms with Gasteiger partial charge >= 0.3 is 5.97 Å². The minimum absolute atomic E-state index is 0.0612. The molecule has 1 N–H and O–H groups in total. The minimum Gasteiger partial charge on any atom is -0.490 e. The second-order valence-electron chi connectivity index (χ2n) is 10.7. The molecule has 4 rings (SSSR count). The van der Waals surface area contributed by atoms with E-state index in [0.29, 0.717) is 45.8 Å². The fourth-order valence-electron chi connectivity index (χ4n) is 5.73. The first-order valence-electron chi connectivity index (χ1n) is 14.4. The number of esters is 1. The van der Waals surface area contributed by atoms with Crippen LogP contribution in [0.1, 0.15) is 73.9 Å². The third-order valence-corrected chi connectivity index (χ3v) is 8.28. The van der Waals surface area contributed by atoms with Gasteiger partial charge in [0.25, 0.3) is 5.91 Å². The lowest BCUT2D eigenvalue weighted by Gasteiger charge is -2.35. The summed E-state index contributed by atoms with van der Waals surface area (Å²) in [5, 5.41) is 12.7. The number of halogens is 1. The van der Waals surface area contributed by atoms with Crippen molar-refractivity contribution in [3.05, 3.63) is 68.8 Å². The highest BCUT2D eigenvalue weighted by molar-refractivity contribution is 9.10. The van der Waals surface area contributed by atoms with E-state index < -0.39 is 23.7 Å². The van der Waals surface area contributed by atoms with Crippen LogP contribution in [0, 0.1) is 23.2 Å². The monoisotopic (exact) mass is 649 g/mol. The van der Waals surface area contributed by atoms with Gasteiger partial charge in [0.2, 0.25) is 0 Å². The lowest BCUT2D eigenvalue weighted by molar-refractivity contribution is -0.139. The average Bonchev–Trinajstić information content (AvgIpc) is 2.98. The number of nitrogens with zero attached hydrogens (tertiary/aromatic N) is 2. The number of carbonyl (C=O) groups is 3. The van der Waals surface area contributed by atoms with Crippen LogP contribution in [0.3, 0.4) is 0 Å². The van der Waals surface area contributed by atoms with E-state index >= 15 is 0 Å². The van der Waals surface area contributed by atoms with Crippen molar-refractivity contribution in [1.29, 1.82) is 5.26 Å². The van der Waals surface area contributed by atoms with E-state index in [9.17, 15) is 19.6 Å². The van der Waals surface area contributed by atoms with Crippen molar-refractivity contribution in [3.8, 4) is 17.6 Å². The second-order valence-corrected chi connectivity index (χ2v) is 11.5. The Kier molecular flexibility index (Phi) is 10.8. The van der Waals surface area contributed by atoms with Crippen LogP contribution in [-0.4, -0.2) is 43.6 Å². The smallest absolute Gasteiger partial charge is 0.325 e. The maximum absolute atomic E-state index is 13.5. The number of methoxy groups -OCH3 is 1. The van der Waals surface area contributed by atoms with Gasteiger partial charge in [-0.15, -0.1) is 0 Å². The molecule has 2 aliphatic rings. The van der Waals surface area contributed by atoms with Gasteiger partial charge in [0.05, 0.1) is 30.2 Å².